The highest BCUT2D eigenvalue weighted by Gasteiger charge is 2.50. The standard InChI is InChI=1S/C23H24ClFN2O2.C21H22ClFN4O2/c1-13(14-5-8-18(29-2)9-6-14)26-23(28)21-15-3-4-16(11-15)22(21)27-20-12-17(24)7-10-19(20)25;1-11(12-5-7-15(29-2)8-6-12)25-20(28)17-13-3-4-14(9-13)18(17)26-19-16(23)10-24-21(22)27-19/h3-10,12-13,15-16,21-22,27H,11H2,1-2H3,(H,26,28);3-8,10-11,13-14,17-18H,9H2,1-2H3,(H,25,28)(H,24,26,27)/t13-,15-,16+,21-,22+;11-,13-,14+,17+,18-/m11/s1. The third-order valence-corrected chi connectivity index (χ3v) is 12.2. The molecule has 10 nitrogen and oxygen atoms in total. The minimum atomic E-state index is -0.591. The van der Waals surface area contributed by atoms with Gasteiger partial charge in [-0.25, -0.2) is 13.8 Å². The predicted molar refractivity (Wildman–Crippen MR) is 221 cm³/mol. The van der Waals surface area contributed by atoms with Gasteiger partial charge in [0.15, 0.2) is 11.6 Å². The molecule has 0 unspecified atom stereocenters. The van der Waals surface area contributed by atoms with E-state index in [-0.39, 0.29) is 88.4 Å². The summed E-state index contributed by atoms with van der Waals surface area (Å²) in [5, 5.41) is 13.0. The Hall–Kier alpha value is -5.20. The molecule has 4 aromatic rings. The number of nitrogens with zero attached hydrogens (tertiary/aromatic N) is 2. The lowest BCUT2D eigenvalue weighted by Crippen LogP contribution is -2.44. The molecule has 2 saturated carbocycles. The first-order valence-electron chi connectivity index (χ1n) is 19.3. The van der Waals surface area contributed by atoms with Crippen LogP contribution in [0.25, 0.3) is 0 Å². The molecule has 14 heteroatoms. The first kappa shape index (κ1) is 41.0. The van der Waals surface area contributed by atoms with Crippen LogP contribution in [0, 0.1) is 47.1 Å². The van der Waals surface area contributed by atoms with Crippen molar-refractivity contribution >= 4 is 46.5 Å². The summed E-state index contributed by atoms with van der Waals surface area (Å²) in [6, 6.07) is 18.9. The van der Waals surface area contributed by atoms with E-state index in [1.54, 1.807) is 20.3 Å². The number of carbonyl (C=O) groups excluding carboxylic acids is 2. The summed E-state index contributed by atoms with van der Waals surface area (Å²) in [5.41, 5.74) is 2.32. The topological polar surface area (TPSA) is 126 Å². The molecule has 0 saturated heterocycles. The van der Waals surface area contributed by atoms with Gasteiger partial charge in [-0.3, -0.25) is 9.59 Å². The Morgan fingerprint density at radius 1 is 0.690 bits per heavy atom. The maximum Gasteiger partial charge on any atom is 0.226 e. The van der Waals surface area contributed by atoms with Gasteiger partial charge in [-0.1, -0.05) is 60.2 Å². The molecule has 0 aliphatic heterocycles. The van der Waals surface area contributed by atoms with Crippen molar-refractivity contribution in [1.82, 2.24) is 20.6 Å². The third-order valence-electron chi connectivity index (χ3n) is 11.7. The quantitative estimate of drug-likeness (QED) is 0.0826. The Morgan fingerprint density at radius 3 is 1.67 bits per heavy atom. The van der Waals surface area contributed by atoms with Gasteiger partial charge in [-0.2, -0.15) is 4.98 Å². The molecule has 4 aliphatic rings. The van der Waals surface area contributed by atoms with Crippen LogP contribution in [0.3, 0.4) is 0 Å². The van der Waals surface area contributed by atoms with Gasteiger partial charge in [-0.15, -0.1) is 0 Å². The maximum atomic E-state index is 14.2. The molecular weight excluding hydrogens is 785 g/mol. The summed E-state index contributed by atoms with van der Waals surface area (Å²) >= 11 is 11.8. The SMILES string of the molecule is COc1ccc([C@@H](C)NC(=O)[C@@H]2[C@H](Nc3nc(Cl)ncc3F)[C@H]3C=C[C@@H]2C3)cc1.COc1ccc([C@@H](C)NC(=O)[C@H]2[C@@H](Nc3cc(Cl)ccc3F)[C@H]3C=C[C@@H]2C3)cc1. The van der Waals surface area contributed by atoms with Gasteiger partial charge in [-0.05, 0) is 116 Å². The zero-order valence-corrected chi connectivity index (χ0v) is 34.0. The number of hydrogen-bond acceptors (Lipinski definition) is 8. The van der Waals surface area contributed by atoms with E-state index in [4.69, 9.17) is 32.7 Å². The first-order valence-corrected chi connectivity index (χ1v) is 20.1. The molecule has 10 atom stereocenters. The number of benzene rings is 3. The number of anilines is 2. The molecule has 1 aromatic heterocycles. The Morgan fingerprint density at radius 2 is 1.17 bits per heavy atom. The Labute approximate surface area is 346 Å². The third kappa shape index (κ3) is 8.93. The van der Waals surface area contributed by atoms with Gasteiger partial charge in [0.1, 0.15) is 17.3 Å². The average Bonchev–Trinajstić information content (AvgIpc) is 4.04. The van der Waals surface area contributed by atoms with Gasteiger partial charge < -0.3 is 30.7 Å². The number of carbonyl (C=O) groups is 2. The van der Waals surface area contributed by atoms with Crippen molar-refractivity contribution in [2.45, 2.75) is 50.9 Å². The highest BCUT2D eigenvalue weighted by molar-refractivity contribution is 6.30. The number of ether oxygens (including phenoxy) is 2. The van der Waals surface area contributed by atoms with Crippen molar-refractivity contribution in [1.29, 1.82) is 0 Å². The minimum absolute atomic E-state index is 0.0231. The number of nitrogens with one attached hydrogen (secondary N) is 4. The van der Waals surface area contributed by atoms with Crippen LogP contribution in [0.5, 0.6) is 11.5 Å². The number of halogens is 4. The molecule has 1 heterocycles. The van der Waals surface area contributed by atoms with Crippen molar-refractivity contribution < 1.29 is 27.8 Å². The number of fused-ring (bicyclic) bond motifs is 4. The Balaban J connectivity index is 0.000000177. The molecule has 3 aromatic carbocycles. The molecule has 0 radical (unpaired) electrons. The van der Waals surface area contributed by atoms with Crippen LogP contribution < -0.4 is 30.7 Å². The van der Waals surface area contributed by atoms with Crippen LogP contribution in [0.4, 0.5) is 20.3 Å². The highest BCUT2D eigenvalue weighted by atomic mass is 35.5. The first-order chi connectivity index (χ1) is 27.9. The summed E-state index contributed by atoms with van der Waals surface area (Å²) in [7, 11) is 3.24. The van der Waals surface area contributed by atoms with Gasteiger partial charge in [0.25, 0.3) is 0 Å². The van der Waals surface area contributed by atoms with E-state index < -0.39 is 5.82 Å². The van der Waals surface area contributed by atoms with Crippen molar-refractivity contribution in [2.75, 3.05) is 24.9 Å². The zero-order chi connectivity index (χ0) is 41.1. The highest BCUT2D eigenvalue weighted by Crippen LogP contribution is 2.47. The number of amides is 2. The molecule has 4 N–H and O–H groups in total. The molecule has 304 valence electrons. The van der Waals surface area contributed by atoms with Gasteiger partial charge in [0.05, 0.1) is 50.0 Å². The van der Waals surface area contributed by atoms with E-state index in [0.29, 0.717) is 10.7 Å². The smallest absolute Gasteiger partial charge is 0.226 e. The molecule has 4 aliphatic carbocycles. The second kappa shape index (κ2) is 17.7. The maximum absolute atomic E-state index is 14.2. The van der Waals surface area contributed by atoms with Crippen molar-refractivity contribution in [2.24, 2.45) is 35.5 Å². The number of methoxy groups -OCH3 is 2. The lowest BCUT2D eigenvalue weighted by atomic mass is 9.87. The van der Waals surface area contributed by atoms with E-state index >= 15 is 0 Å². The van der Waals surface area contributed by atoms with E-state index in [2.05, 4.69) is 55.5 Å². The summed E-state index contributed by atoms with van der Waals surface area (Å²) in [5.74, 6) is 0.542. The molecule has 8 rings (SSSR count). The molecule has 0 spiro atoms. The van der Waals surface area contributed by atoms with Crippen LogP contribution in [-0.4, -0.2) is 48.1 Å². The van der Waals surface area contributed by atoms with Gasteiger partial charge >= 0.3 is 0 Å². The van der Waals surface area contributed by atoms with E-state index in [9.17, 15) is 18.4 Å². The summed E-state index contributed by atoms with van der Waals surface area (Å²) in [4.78, 5) is 33.9. The number of aromatic nitrogens is 2. The van der Waals surface area contributed by atoms with E-state index in [1.165, 1.54) is 12.1 Å². The van der Waals surface area contributed by atoms with Crippen molar-refractivity contribution in [3.8, 4) is 11.5 Å². The summed E-state index contributed by atoms with van der Waals surface area (Å²) in [6.07, 6.45) is 11.2. The van der Waals surface area contributed by atoms with Crippen LogP contribution >= 0.6 is 23.2 Å². The molecular formula is C44H46Cl2F2N6O4. The molecule has 4 bridgehead atoms. The summed E-state index contributed by atoms with van der Waals surface area (Å²) < 4.78 is 38.7. The predicted octanol–water partition coefficient (Wildman–Crippen LogP) is 8.73. The van der Waals surface area contributed by atoms with E-state index in [0.717, 1.165) is 41.7 Å². The number of allylic oxidation sites excluding steroid dienone is 2. The lowest BCUT2D eigenvalue weighted by Gasteiger charge is -2.30. The normalized spacial score (nSPS) is 25.7. The average molecular weight is 832 g/mol. The summed E-state index contributed by atoms with van der Waals surface area (Å²) in [6.45, 7) is 3.90. The zero-order valence-electron chi connectivity index (χ0n) is 32.5. The van der Waals surface area contributed by atoms with E-state index in [1.807, 2.05) is 62.4 Å². The molecule has 58 heavy (non-hydrogen) atoms. The Bertz CT molecular complexity index is 2020. The largest absolute Gasteiger partial charge is 0.497 e. The Kier molecular flexibility index (Phi) is 12.5. The fourth-order valence-corrected chi connectivity index (χ4v) is 9.02. The van der Waals surface area contributed by atoms with Crippen LogP contribution in [0.15, 0.2) is 97.2 Å². The van der Waals surface area contributed by atoms with Gasteiger partial charge in [0, 0.05) is 17.1 Å². The molecule has 2 fully saturated rings. The fourth-order valence-electron chi connectivity index (χ4n) is 8.72. The number of hydrogen-bond donors (Lipinski definition) is 4. The molecule has 2 amide bonds. The number of rotatable bonds is 12. The minimum Gasteiger partial charge on any atom is -0.497 e. The van der Waals surface area contributed by atoms with Crippen molar-refractivity contribution in [3.05, 3.63) is 130 Å². The van der Waals surface area contributed by atoms with Crippen LogP contribution in [-0.2, 0) is 9.59 Å². The fraction of sp³-hybridized carbons (Fsp3) is 0.364. The lowest BCUT2D eigenvalue weighted by molar-refractivity contribution is -0.127. The second-order valence-electron chi connectivity index (χ2n) is 15.3. The van der Waals surface area contributed by atoms with Crippen LogP contribution in [0.1, 0.15) is 49.9 Å². The van der Waals surface area contributed by atoms with Crippen LogP contribution in [0.2, 0.25) is 10.3 Å². The van der Waals surface area contributed by atoms with Gasteiger partial charge in [0.2, 0.25) is 17.1 Å². The second-order valence-corrected chi connectivity index (χ2v) is 16.0. The van der Waals surface area contributed by atoms with Crippen molar-refractivity contribution in [3.63, 3.8) is 0 Å². The monoisotopic (exact) mass is 830 g/mol.